The second-order valence-electron chi connectivity index (χ2n) is 8.69. The van der Waals surface area contributed by atoms with Gasteiger partial charge in [0.05, 0.1) is 17.7 Å². The highest BCUT2D eigenvalue weighted by molar-refractivity contribution is 7.89. The third-order valence-corrected chi connectivity index (χ3v) is 8.48. The third kappa shape index (κ3) is 5.52. The van der Waals surface area contributed by atoms with Gasteiger partial charge in [-0.3, -0.25) is 9.69 Å². The lowest BCUT2D eigenvalue weighted by Crippen LogP contribution is -2.48. The predicted molar refractivity (Wildman–Crippen MR) is 139 cm³/mol. The fourth-order valence-corrected chi connectivity index (χ4v) is 5.89. The van der Waals surface area contributed by atoms with Crippen molar-refractivity contribution < 1.29 is 27.4 Å². The lowest BCUT2D eigenvalue weighted by atomic mass is 10.2. The summed E-state index contributed by atoms with van der Waals surface area (Å²) in [6.45, 7) is 2.80. The number of methoxy groups -OCH3 is 1. The number of benzene rings is 3. The number of carbonyl (C=O) groups excluding carboxylic acids is 1. The van der Waals surface area contributed by atoms with Crippen molar-refractivity contribution in [1.82, 2.24) is 9.21 Å². The molecule has 0 unspecified atom stereocenters. The molecule has 1 fully saturated rings. The molecule has 1 saturated heterocycles. The summed E-state index contributed by atoms with van der Waals surface area (Å²) in [5, 5.41) is 3.26. The largest absolute Gasteiger partial charge is 0.495 e. The zero-order valence-corrected chi connectivity index (χ0v) is 21.7. The average molecular weight is 544 g/mol. The van der Waals surface area contributed by atoms with Crippen LogP contribution in [0.3, 0.4) is 0 Å². The molecule has 2 aliphatic heterocycles. The van der Waals surface area contributed by atoms with Crippen LogP contribution in [-0.4, -0.2) is 63.6 Å². The van der Waals surface area contributed by atoms with Gasteiger partial charge in [0, 0.05) is 43.3 Å². The molecule has 11 heteroatoms. The Morgan fingerprint density at radius 1 is 0.973 bits per heavy atom. The maximum Gasteiger partial charge on any atom is 0.255 e. The molecule has 2 aliphatic rings. The van der Waals surface area contributed by atoms with E-state index in [1.54, 1.807) is 30.3 Å². The minimum atomic E-state index is -3.77. The van der Waals surface area contributed by atoms with Crippen LogP contribution >= 0.6 is 11.6 Å². The second-order valence-corrected chi connectivity index (χ2v) is 11.1. The van der Waals surface area contributed by atoms with E-state index in [-0.39, 0.29) is 17.4 Å². The summed E-state index contributed by atoms with van der Waals surface area (Å²) in [6.07, 6.45) is 0. The van der Waals surface area contributed by atoms with Gasteiger partial charge in [0.2, 0.25) is 16.8 Å². The van der Waals surface area contributed by atoms with E-state index in [9.17, 15) is 13.2 Å². The quantitative estimate of drug-likeness (QED) is 0.483. The van der Waals surface area contributed by atoms with Crippen molar-refractivity contribution in [3.8, 4) is 17.2 Å². The molecule has 0 radical (unpaired) electrons. The number of sulfonamides is 1. The topological polar surface area (TPSA) is 97.4 Å². The van der Waals surface area contributed by atoms with E-state index in [1.807, 2.05) is 18.2 Å². The van der Waals surface area contributed by atoms with Gasteiger partial charge in [-0.1, -0.05) is 17.7 Å². The molecule has 2 heterocycles. The SMILES string of the molecule is COc1ccc(S(=O)(=O)N2CCN(Cc3ccc4c(c3)OCO4)CC2)cc1NC(=O)c1ccc(Cl)cc1. The minimum absolute atomic E-state index is 0.0870. The van der Waals surface area contributed by atoms with Gasteiger partial charge >= 0.3 is 0 Å². The van der Waals surface area contributed by atoms with Gasteiger partial charge in [-0.2, -0.15) is 4.31 Å². The van der Waals surface area contributed by atoms with E-state index in [0.717, 1.165) is 17.1 Å². The fourth-order valence-electron chi connectivity index (χ4n) is 4.32. The van der Waals surface area contributed by atoms with Gasteiger partial charge in [-0.25, -0.2) is 8.42 Å². The van der Waals surface area contributed by atoms with Gasteiger partial charge in [-0.05, 0) is 60.2 Å². The number of anilines is 1. The molecular formula is C26H26ClN3O6S. The Balaban J connectivity index is 1.26. The summed E-state index contributed by atoms with van der Waals surface area (Å²) in [4.78, 5) is 15.0. The smallest absolute Gasteiger partial charge is 0.255 e. The minimum Gasteiger partial charge on any atom is -0.495 e. The Bertz CT molecular complexity index is 1410. The maximum absolute atomic E-state index is 13.4. The molecule has 1 N–H and O–H groups in total. The van der Waals surface area contributed by atoms with Crippen molar-refractivity contribution in [1.29, 1.82) is 0 Å². The number of rotatable bonds is 7. The Morgan fingerprint density at radius 3 is 2.43 bits per heavy atom. The number of amides is 1. The van der Waals surface area contributed by atoms with E-state index in [1.165, 1.54) is 23.5 Å². The molecule has 194 valence electrons. The Labute approximate surface area is 220 Å². The third-order valence-electron chi connectivity index (χ3n) is 6.34. The monoisotopic (exact) mass is 543 g/mol. The van der Waals surface area contributed by atoms with E-state index in [0.29, 0.717) is 49.1 Å². The zero-order valence-electron chi connectivity index (χ0n) is 20.1. The molecule has 3 aromatic rings. The molecule has 5 rings (SSSR count). The van der Waals surface area contributed by atoms with Gasteiger partial charge in [0.1, 0.15) is 5.75 Å². The highest BCUT2D eigenvalue weighted by atomic mass is 35.5. The lowest BCUT2D eigenvalue weighted by molar-refractivity contribution is 0.102. The number of piperazine rings is 1. The Hall–Kier alpha value is -3.31. The second kappa shape index (κ2) is 10.6. The number of hydrogen-bond acceptors (Lipinski definition) is 7. The van der Waals surface area contributed by atoms with E-state index in [4.69, 9.17) is 25.8 Å². The normalized spacial score (nSPS) is 15.9. The van der Waals surface area contributed by atoms with Crippen LogP contribution in [0.25, 0.3) is 0 Å². The number of halogens is 1. The van der Waals surface area contributed by atoms with Crippen molar-refractivity contribution in [2.45, 2.75) is 11.4 Å². The molecule has 0 atom stereocenters. The summed E-state index contributed by atoms with van der Waals surface area (Å²) in [6, 6.07) is 16.7. The van der Waals surface area contributed by atoms with Gasteiger partial charge in [0.25, 0.3) is 5.91 Å². The summed E-state index contributed by atoms with van der Waals surface area (Å²) in [5.74, 6) is 1.43. The molecular weight excluding hydrogens is 518 g/mol. The van der Waals surface area contributed by atoms with E-state index >= 15 is 0 Å². The van der Waals surface area contributed by atoms with Crippen LogP contribution in [0, 0.1) is 0 Å². The summed E-state index contributed by atoms with van der Waals surface area (Å²) in [7, 11) is -2.31. The summed E-state index contributed by atoms with van der Waals surface area (Å²) < 4.78 is 44.5. The van der Waals surface area contributed by atoms with E-state index in [2.05, 4.69) is 10.2 Å². The number of ether oxygens (including phenoxy) is 3. The molecule has 0 saturated carbocycles. The van der Waals surface area contributed by atoms with Gasteiger partial charge in [0.15, 0.2) is 11.5 Å². The predicted octanol–water partition coefficient (Wildman–Crippen LogP) is 3.84. The first-order chi connectivity index (χ1) is 17.8. The number of nitrogens with zero attached hydrogens (tertiary/aromatic N) is 2. The maximum atomic E-state index is 13.4. The van der Waals surface area contributed by atoms with Crippen LogP contribution < -0.4 is 19.5 Å². The standard InChI is InChI=1S/C26H26ClN3O6S/c1-34-23-9-7-21(15-22(23)28-26(31)19-3-5-20(27)6-4-19)37(32,33)30-12-10-29(11-13-30)16-18-2-8-24-25(14-18)36-17-35-24/h2-9,14-15H,10-13,16-17H2,1H3,(H,28,31). The molecule has 0 bridgehead atoms. The van der Waals surface area contributed by atoms with Crippen LogP contribution in [0.15, 0.2) is 65.6 Å². The van der Waals surface area contributed by atoms with Gasteiger partial charge in [-0.15, -0.1) is 0 Å². The van der Waals surface area contributed by atoms with Gasteiger partial charge < -0.3 is 19.5 Å². The Kier molecular flexibility index (Phi) is 7.25. The van der Waals surface area contributed by atoms with Crippen molar-refractivity contribution >= 4 is 33.2 Å². The zero-order chi connectivity index (χ0) is 26.0. The van der Waals surface area contributed by atoms with Crippen LogP contribution in [-0.2, 0) is 16.6 Å². The lowest BCUT2D eigenvalue weighted by Gasteiger charge is -2.34. The van der Waals surface area contributed by atoms with Crippen LogP contribution in [0.1, 0.15) is 15.9 Å². The van der Waals surface area contributed by atoms with Crippen LogP contribution in [0.5, 0.6) is 17.2 Å². The number of fused-ring (bicyclic) bond motifs is 1. The Morgan fingerprint density at radius 2 is 1.70 bits per heavy atom. The van der Waals surface area contributed by atoms with Crippen molar-refractivity contribution in [3.63, 3.8) is 0 Å². The summed E-state index contributed by atoms with van der Waals surface area (Å²) in [5.41, 5.74) is 1.74. The molecule has 0 aromatic heterocycles. The molecule has 3 aromatic carbocycles. The number of carbonyl (C=O) groups is 1. The van der Waals surface area contributed by atoms with Crippen LogP contribution in [0.4, 0.5) is 5.69 Å². The fraction of sp³-hybridized carbons (Fsp3) is 0.269. The molecule has 0 aliphatic carbocycles. The highest BCUT2D eigenvalue weighted by Crippen LogP contribution is 2.33. The molecule has 1 amide bonds. The first-order valence-corrected chi connectivity index (χ1v) is 13.5. The van der Waals surface area contributed by atoms with E-state index < -0.39 is 15.9 Å². The van der Waals surface area contributed by atoms with Crippen molar-refractivity contribution in [2.75, 3.05) is 45.4 Å². The highest BCUT2D eigenvalue weighted by Gasteiger charge is 2.29. The average Bonchev–Trinajstić information content (AvgIpc) is 3.37. The first kappa shape index (κ1) is 25.3. The van der Waals surface area contributed by atoms with Crippen molar-refractivity contribution in [2.24, 2.45) is 0 Å². The van der Waals surface area contributed by atoms with Crippen molar-refractivity contribution in [3.05, 3.63) is 76.8 Å². The first-order valence-electron chi connectivity index (χ1n) is 11.7. The molecule has 37 heavy (non-hydrogen) atoms. The van der Waals surface area contributed by atoms with Crippen LogP contribution in [0.2, 0.25) is 5.02 Å². The molecule has 0 spiro atoms. The number of hydrogen-bond donors (Lipinski definition) is 1. The number of nitrogens with one attached hydrogen (secondary N) is 1. The summed E-state index contributed by atoms with van der Waals surface area (Å²) >= 11 is 5.90. The molecule has 9 nitrogen and oxygen atoms in total.